The second-order valence-corrected chi connectivity index (χ2v) is 6.19. The maximum absolute atomic E-state index is 12.2. The van der Waals surface area contributed by atoms with E-state index in [4.69, 9.17) is 4.74 Å². The van der Waals surface area contributed by atoms with Crippen LogP contribution in [0.2, 0.25) is 0 Å². The van der Waals surface area contributed by atoms with Gasteiger partial charge in [-0.3, -0.25) is 0 Å². The Bertz CT molecular complexity index is 470. The fourth-order valence-electron chi connectivity index (χ4n) is 2.95. The van der Waals surface area contributed by atoms with Crippen LogP contribution in [0.3, 0.4) is 0 Å². The number of nitrogens with one attached hydrogen (secondary N) is 1. The molecule has 2 rings (SSSR count). The minimum absolute atomic E-state index is 0.0871. The first-order chi connectivity index (χ1) is 10.6. The lowest BCUT2D eigenvalue weighted by Crippen LogP contribution is -2.43. The number of carbonyl (C=O) groups is 1. The van der Waals surface area contributed by atoms with Gasteiger partial charge in [-0.25, -0.2) is 4.79 Å². The molecule has 122 valence electrons. The summed E-state index contributed by atoms with van der Waals surface area (Å²) in [5.41, 5.74) is 1.21. The van der Waals surface area contributed by atoms with E-state index in [9.17, 15) is 4.79 Å². The minimum atomic E-state index is 0.0871. The van der Waals surface area contributed by atoms with Crippen molar-refractivity contribution in [2.45, 2.75) is 58.6 Å². The molecule has 0 aliphatic carbocycles. The molecule has 1 fully saturated rings. The molecule has 4 nitrogen and oxygen atoms in total. The average Bonchev–Trinajstić information content (AvgIpc) is 2.97. The van der Waals surface area contributed by atoms with E-state index >= 15 is 0 Å². The molecule has 1 aliphatic rings. The number of carbonyl (C=O) groups excluding carboxylic acids is 1. The summed E-state index contributed by atoms with van der Waals surface area (Å²) in [6.45, 7) is 7.76. The van der Waals surface area contributed by atoms with Crippen molar-refractivity contribution in [1.82, 2.24) is 10.2 Å². The standard InChI is InChI=1S/C18H28N2O2/c1-4-16-6-5-13-20(16)18(21)19-12-11-15-7-9-17(10-8-15)22-14(2)3/h7-10,14,16H,4-6,11-13H2,1-3H3,(H,19,21)/t16-/m0/s1. The van der Waals surface area contributed by atoms with Crippen molar-refractivity contribution >= 4 is 6.03 Å². The summed E-state index contributed by atoms with van der Waals surface area (Å²) in [4.78, 5) is 14.2. The first-order valence-corrected chi connectivity index (χ1v) is 8.40. The fraction of sp³-hybridized carbons (Fsp3) is 0.611. The first-order valence-electron chi connectivity index (χ1n) is 8.40. The number of hydrogen-bond acceptors (Lipinski definition) is 2. The third-order valence-corrected chi connectivity index (χ3v) is 4.09. The summed E-state index contributed by atoms with van der Waals surface area (Å²) in [6, 6.07) is 8.62. The van der Waals surface area contributed by atoms with Gasteiger partial charge >= 0.3 is 6.03 Å². The highest BCUT2D eigenvalue weighted by atomic mass is 16.5. The summed E-state index contributed by atoms with van der Waals surface area (Å²) in [7, 11) is 0. The van der Waals surface area contributed by atoms with E-state index in [1.165, 1.54) is 5.56 Å². The summed E-state index contributed by atoms with van der Waals surface area (Å²) >= 11 is 0. The number of ether oxygens (including phenoxy) is 1. The van der Waals surface area contributed by atoms with E-state index in [-0.39, 0.29) is 12.1 Å². The zero-order valence-electron chi connectivity index (χ0n) is 14.0. The van der Waals surface area contributed by atoms with Crippen LogP contribution in [-0.2, 0) is 6.42 Å². The van der Waals surface area contributed by atoms with Gasteiger partial charge in [0.1, 0.15) is 5.75 Å². The molecule has 0 spiro atoms. The third-order valence-electron chi connectivity index (χ3n) is 4.09. The van der Waals surface area contributed by atoms with Crippen LogP contribution >= 0.6 is 0 Å². The van der Waals surface area contributed by atoms with Crippen molar-refractivity contribution in [3.8, 4) is 5.75 Å². The molecular weight excluding hydrogens is 276 g/mol. The Labute approximate surface area is 133 Å². The molecule has 2 amide bonds. The van der Waals surface area contributed by atoms with Gasteiger partial charge < -0.3 is 15.0 Å². The van der Waals surface area contributed by atoms with Crippen molar-refractivity contribution in [3.63, 3.8) is 0 Å². The normalized spacial score (nSPS) is 17.8. The Morgan fingerprint density at radius 2 is 2.09 bits per heavy atom. The molecule has 1 heterocycles. The highest BCUT2D eigenvalue weighted by Gasteiger charge is 2.26. The third kappa shape index (κ3) is 4.65. The number of nitrogens with zero attached hydrogens (tertiary/aromatic N) is 1. The fourth-order valence-corrected chi connectivity index (χ4v) is 2.95. The summed E-state index contributed by atoms with van der Waals surface area (Å²) in [6.07, 6.45) is 4.35. The smallest absolute Gasteiger partial charge is 0.317 e. The van der Waals surface area contributed by atoms with Crippen molar-refractivity contribution < 1.29 is 9.53 Å². The zero-order valence-corrected chi connectivity index (χ0v) is 14.0. The number of urea groups is 1. The van der Waals surface area contributed by atoms with E-state index in [1.807, 2.05) is 30.9 Å². The van der Waals surface area contributed by atoms with Gasteiger partial charge in [-0.05, 0) is 57.2 Å². The van der Waals surface area contributed by atoms with E-state index in [1.54, 1.807) is 0 Å². The average molecular weight is 304 g/mol. The van der Waals surface area contributed by atoms with Gasteiger partial charge in [-0.2, -0.15) is 0 Å². The summed E-state index contributed by atoms with van der Waals surface area (Å²) in [5, 5.41) is 3.04. The minimum Gasteiger partial charge on any atom is -0.491 e. The maximum atomic E-state index is 12.2. The molecule has 1 aromatic carbocycles. The summed E-state index contributed by atoms with van der Waals surface area (Å²) < 4.78 is 5.63. The van der Waals surface area contributed by atoms with Crippen LogP contribution in [0.1, 0.15) is 45.6 Å². The Kier molecular flexibility index (Phi) is 6.10. The van der Waals surface area contributed by atoms with Gasteiger partial charge in [-0.15, -0.1) is 0 Å². The van der Waals surface area contributed by atoms with Crippen LogP contribution in [0.4, 0.5) is 4.79 Å². The maximum Gasteiger partial charge on any atom is 0.317 e. The van der Waals surface area contributed by atoms with Crippen molar-refractivity contribution in [1.29, 1.82) is 0 Å². The van der Waals surface area contributed by atoms with Crippen molar-refractivity contribution in [2.75, 3.05) is 13.1 Å². The monoisotopic (exact) mass is 304 g/mol. The molecule has 1 saturated heterocycles. The molecule has 4 heteroatoms. The molecule has 1 aliphatic heterocycles. The van der Waals surface area contributed by atoms with Crippen LogP contribution in [0.15, 0.2) is 24.3 Å². The number of amides is 2. The summed E-state index contributed by atoms with van der Waals surface area (Å²) in [5.74, 6) is 0.894. The first kappa shape index (κ1) is 16.7. The molecule has 1 atom stereocenters. The van der Waals surface area contributed by atoms with Crippen LogP contribution in [0.5, 0.6) is 5.75 Å². The van der Waals surface area contributed by atoms with E-state index in [0.29, 0.717) is 12.6 Å². The highest BCUT2D eigenvalue weighted by Crippen LogP contribution is 2.19. The van der Waals surface area contributed by atoms with Crippen LogP contribution < -0.4 is 10.1 Å². The van der Waals surface area contributed by atoms with Crippen molar-refractivity contribution in [2.24, 2.45) is 0 Å². The second-order valence-electron chi connectivity index (χ2n) is 6.19. The number of hydrogen-bond donors (Lipinski definition) is 1. The lowest BCUT2D eigenvalue weighted by atomic mass is 10.1. The molecule has 0 saturated carbocycles. The van der Waals surface area contributed by atoms with Gasteiger partial charge in [0.2, 0.25) is 0 Å². The SMILES string of the molecule is CC[C@H]1CCCN1C(=O)NCCc1ccc(OC(C)C)cc1. The van der Waals surface area contributed by atoms with Gasteiger partial charge in [0.15, 0.2) is 0 Å². The predicted octanol–water partition coefficient (Wildman–Crippen LogP) is 3.60. The molecule has 1 aromatic rings. The number of rotatable bonds is 6. The van der Waals surface area contributed by atoms with E-state index in [0.717, 1.165) is 38.0 Å². The van der Waals surface area contributed by atoms with Crippen LogP contribution in [-0.4, -0.2) is 36.2 Å². The molecular formula is C18H28N2O2. The quantitative estimate of drug-likeness (QED) is 0.872. The highest BCUT2D eigenvalue weighted by molar-refractivity contribution is 5.74. The van der Waals surface area contributed by atoms with Crippen molar-refractivity contribution in [3.05, 3.63) is 29.8 Å². The Morgan fingerprint density at radius 1 is 1.36 bits per heavy atom. The lowest BCUT2D eigenvalue weighted by molar-refractivity contribution is 0.191. The Hall–Kier alpha value is -1.71. The van der Waals surface area contributed by atoms with Gasteiger partial charge in [0.05, 0.1) is 6.10 Å². The number of benzene rings is 1. The van der Waals surface area contributed by atoms with Gasteiger partial charge in [0.25, 0.3) is 0 Å². The predicted molar refractivity (Wildman–Crippen MR) is 89.3 cm³/mol. The largest absolute Gasteiger partial charge is 0.491 e. The second kappa shape index (κ2) is 8.06. The van der Waals surface area contributed by atoms with Crippen LogP contribution in [0, 0.1) is 0 Å². The van der Waals surface area contributed by atoms with Gasteiger partial charge in [0, 0.05) is 19.1 Å². The molecule has 0 radical (unpaired) electrons. The molecule has 22 heavy (non-hydrogen) atoms. The molecule has 0 unspecified atom stereocenters. The molecule has 0 aromatic heterocycles. The van der Waals surface area contributed by atoms with Crippen LogP contribution in [0.25, 0.3) is 0 Å². The Balaban J connectivity index is 1.75. The Morgan fingerprint density at radius 3 is 2.73 bits per heavy atom. The van der Waals surface area contributed by atoms with Gasteiger partial charge in [-0.1, -0.05) is 19.1 Å². The zero-order chi connectivity index (χ0) is 15.9. The number of likely N-dealkylation sites (tertiary alicyclic amines) is 1. The molecule has 0 bridgehead atoms. The van der Waals surface area contributed by atoms with E-state index < -0.39 is 0 Å². The topological polar surface area (TPSA) is 41.6 Å². The van der Waals surface area contributed by atoms with E-state index in [2.05, 4.69) is 24.4 Å². The molecule has 1 N–H and O–H groups in total. The lowest BCUT2D eigenvalue weighted by Gasteiger charge is -2.23.